The van der Waals surface area contributed by atoms with E-state index in [-0.39, 0.29) is 39.9 Å². The number of hydrogen-bond acceptors (Lipinski definition) is 6. The van der Waals surface area contributed by atoms with Gasteiger partial charge in [0.2, 0.25) is 0 Å². The highest BCUT2D eigenvalue weighted by Gasteiger charge is 2.35. The number of ether oxygens (including phenoxy) is 1. The van der Waals surface area contributed by atoms with E-state index in [1.165, 1.54) is 12.1 Å². The van der Waals surface area contributed by atoms with E-state index < -0.39 is 11.1 Å². The number of aromatic hydroxyl groups is 2. The van der Waals surface area contributed by atoms with Crippen LogP contribution in [-0.4, -0.2) is 39.4 Å². The Hall–Kier alpha value is -1.97. The van der Waals surface area contributed by atoms with Gasteiger partial charge in [0.25, 0.3) is 11.1 Å². The van der Waals surface area contributed by atoms with Crippen LogP contribution < -0.4 is 4.74 Å². The molecule has 9 heteroatoms. The molecule has 1 heterocycles. The second kappa shape index (κ2) is 9.67. The Morgan fingerprint density at radius 3 is 2.55 bits per heavy atom. The summed E-state index contributed by atoms with van der Waals surface area (Å²) in [7, 11) is 0. The zero-order chi connectivity index (χ0) is 22.9. The van der Waals surface area contributed by atoms with Crippen LogP contribution in [0.15, 0.2) is 38.1 Å². The number of aryl methyl sites for hydroxylation is 1. The molecule has 2 aromatic carbocycles. The molecule has 2 N–H and O–H groups in total. The molecule has 1 fully saturated rings. The van der Waals surface area contributed by atoms with E-state index in [1.807, 2.05) is 25.1 Å². The number of thioether (sulfide) groups is 1. The fourth-order valence-electron chi connectivity index (χ4n) is 3.05. The lowest BCUT2D eigenvalue weighted by Gasteiger charge is -2.17. The third-order valence-corrected chi connectivity index (χ3v) is 6.98. The lowest BCUT2D eigenvalue weighted by Crippen LogP contribution is -2.32. The third-order valence-electron chi connectivity index (χ3n) is 4.72. The van der Waals surface area contributed by atoms with Crippen molar-refractivity contribution in [1.82, 2.24) is 4.90 Å². The van der Waals surface area contributed by atoms with Gasteiger partial charge in [-0.05, 0) is 85.8 Å². The molecular formula is C22H21Br2NO5S. The van der Waals surface area contributed by atoms with Crippen molar-refractivity contribution in [2.75, 3.05) is 13.2 Å². The largest absolute Gasteiger partial charge is 0.506 e. The van der Waals surface area contributed by atoms with Crippen LogP contribution in [0.25, 0.3) is 6.08 Å². The summed E-state index contributed by atoms with van der Waals surface area (Å²) in [6.07, 6.45) is 1.42. The predicted octanol–water partition coefficient (Wildman–Crippen LogP) is 6.17. The van der Waals surface area contributed by atoms with E-state index in [1.54, 1.807) is 0 Å². The summed E-state index contributed by atoms with van der Waals surface area (Å²) in [5.74, 6) is 0.202. The summed E-state index contributed by atoms with van der Waals surface area (Å²) in [6, 6.07) is 7.47. The van der Waals surface area contributed by atoms with E-state index in [0.29, 0.717) is 10.0 Å². The van der Waals surface area contributed by atoms with Gasteiger partial charge < -0.3 is 14.9 Å². The molecule has 1 saturated heterocycles. The number of nitrogens with zero attached hydrogens (tertiary/aromatic N) is 1. The number of rotatable bonds is 6. The molecule has 1 aliphatic rings. The Labute approximate surface area is 201 Å². The van der Waals surface area contributed by atoms with Crippen molar-refractivity contribution in [3.63, 3.8) is 0 Å². The van der Waals surface area contributed by atoms with Gasteiger partial charge in [0.1, 0.15) is 28.3 Å². The minimum absolute atomic E-state index is 0.0971. The van der Waals surface area contributed by atoms with Gasteiger partial charge in [-0.1, -0.05) is 26.0 Å². The highest BCUT2D eigenvalue weighted by atomic mass is 79.9. The van der Waals surface area contributed by atoms with Gasteiger partial charge in [-0.2, -0.15) is 0 Å². The minimum Gasteiger partial charge on any atom is -0.506 e. The standard InChI is InChI=1S/C22H21Br2NO5S/c1-11(2)14-5-4-12(3)8-16(14)30-7-6-25-21(28)17(31-22(25)29)10-13-9-15(23)20(27)18(24)19(13)26/h4-5,8-11,26-27H,6-7H2,1-3H3/b17-10-. The number of amides is 2. The van der Waals surface area contributed by atoms with Crippen molar-refractivity contribution >= 4 is 60.8 Å². The highest BCUT2D eigenvalue weighted by molar-refractivity contribution is 9.11. The van der Waals surface area contributed by atoms with E-state index in [2.05, 4.69) is 45.7 Å². The first kappa shape index (κ1) is 23.7. The van der Waals surface area contributed by atoms with Crippen LogP contribution in [0.1, 0.15) is 36.5 Å². The van der Waals surface area contributed by atoms with Gasteiger partial charge in [0, 0.05) is 5.56 Å². The first-order valence-electron chi connectivity index (χ1n) is 9.48. The average Bonchev–Trinajstić information content (AvgIpc) is 2.97. The van der Waals surface area contributed by atoms with Crippen LogP contribution in [0.3, 0.4) is 0 Å². The maximum atomic E-state index is 12.7. The van der Waals surface area contributed by atoms with Crippen LogP contribution >= 0.6 is 43.6 Å². The molecule has 0 atom stereocenters. The molecule has 164 valence electrons. The van der Waals surface area contributed by atoms with Crippen molar-refractivity contribution in [1.29, 1.82) is 0 Å². The van der Waals surface area contributed by atoms with Crippen LogP contribution in [-0.2, 0) is 4.79 Å². The molecule has 6 nitrogen and oxygen atoms in total. The fraction of sp³-hybridized carbons (Fsp3) is 0.273. The average molecular weight is 571 g/mol. The molecule has 2 aromatic rings. The number of hydrogen-bond donors (Lipinski definition) is 2. The topological polar surface area (TPSA) is 87.1 Å². The zero-order valence-electron chi connectivity index (χ0n) is 17.1. The van der Waals surface area contributed by atoms with Gasteiger partial charge in [0.15, 0.2) is 0 Å². The summed E-state index contributed by atoms with van der Waals surface area (Å²) >= 11 is 7.09. The first-order valence-corrected chi connectivity index (χ1v) is 11.9. The quantitative estimate of drug-likeness (QED) is 0.404. The molecule has 1 aliphatic heterocycles. The third kappa shape index (κ3) is 5.10. The summed E-state index contributed by atoms with van der Waals surface area (Å²) in [5, 5.41) is 19.7. The maximum absolute atomic E-state index is 12.7. The Morgan fingerprint density at radius 2 is 1.87 bits per heavy atom. The molecule has 0 saturated carbocycles. The van der Waals surface area contributed by atoms with Crippen molar-refractivity contribution in [3.8, 4) is 17.2 Å². The van der Waals surface area contributed by atoms with Crippen molar-refractivity contribution in [3.05, 3.63) is 54.8 Å². The minimum atomic E-state index is -0.452. The molecule has 0 bridgehead atoms. The number of carbonyl (C=O) groups is 2. The Morgan fingerprint density at radius 1 is 1.16 bits per heavy atom. The molecule has 31 heavy (non-hydrogen) atoms. The molecule has 2 amide bonds. The summed E-state index contributed by atoms with van der Waals surface area (Å²) in [5.41, 5.74) is 2.43. The van der Waals surface area contributed by atoms with Gasteiger partial charge in [0.05, 0.1) is 15.9 Å². The van der Waals surface area contributed by atoms with Gasteiger partial charge in [-0.15, -0.1) is 0 Å². The molecule has 0 aliphatic carbocycles. The normalized spacial score (nSPS) is 15.4. The molecule has 0 spiro atoms. The second-order valence-corrected chi connectivity index (χ2v) is 9.98. The predicted molar refractivity (Wildman–Crippen MR) is 129 cm³/mol. The lowest BCUT2D eigenvalue weighted by atomic mass is 10.0. The van der Waals surface area contributed by atoms with Crippen LogP contribution in [0.5, 0.6) is 17.2 Å². The summed E-state index contributed by atoms with van der Waals surface area (Å²) in [4.78, 5) is 26.4. The number of phenols is 2. The van der Waals surface area contributed by atoms with Crippen molar-refractivity contribution in [2.45, 2.75) is 26.7 Å². The van der Waals surface area contributed by atoms with E-state index in [9.17, 15) is 19.8 Å². The first-order chi connectivity index (χ1) is 14.6. The second-order valence-electron chi connectivity index (χ2n) is 7.34. The summed E-state index contributed by atoms with van der Waals surface area (Å²) < 4.78 is 6.34. The van der Waals surface area contributed by atoms with E-state index in [4.69, 9.17) is 4.74 Å². The monoisotopic (exact) mass is 569 g/mol. The van der Waals surface area contributed by atoms with Crippen LogP contribution in [0.2, 0.25) is 0 Å². The Balaban J connectivity index is 1.74. The number of halogens is 2. The lowest BCUT2D eigenvalue weighted by molar-refractivity contribution is -0.123. The van der Waals surface area contributed by atoms with Crippen molar-refractivity contribution in [2.24, 2.45) is 0 Å². The number of imide groups is 1. The van der Waals surface area contributed by atoms with Gasteiger partial charge in [-0.25, -0.2) is 0 Å². The number of carbonyl (C=O) groups excluding carboxylic acids is 2. The zero-order valence-corrected chi connectivity index (χ0v) is 21.1. The van der Waals surface area contributed by atoms with Crippen molar-refractivity contribution < 1.29 is 24.5 Å². The van der Waals surface area contributed by atoms with Crippen LogP contribution in [0, 0.1) is 6.92 Å². The molecule has 0 radical (unpaired) electrons. The Kier molecular flexibility index (Phi) is 7.39. The number of benzene rings is 2. The van der Waals surface area contributed by atoms with Crippen LogP contribution in [0.4, 0.5) is 4.79 Å². The highest BCUT2D eigenvalue weighted by Crippen LogP contribution is 2.43. The number of phenolic OH excluding ortho intramolecular Hbond substituents is 2. The Bertz CT molecular complexity index is 1080. The fourth-order valence-corrected chi connectivity index (χ4v) is 5.06. The van der Waals surface area contributed by atoms with Gasteiger partial charge in [-0.3, -0.25) is 14.5 Å². The molecular weight excluding hydrogens is 550 g/mol. The van der Waals surface area contributed by atoms with E-state index in [0.717, 1.165) is 33.5 Å². The van der Waals surface area contributed by atoms with E-state index >= 15 is 0 Å². The SMILES string of the molecule is Cc1ccc(C(C)C)c(OCCN2C(=O)S/C(=C\c3cc(Br)c(O)c(Br)c3O)C2=O)c1. The molecule has 0 unspecified atom stereocenters. The maximum Gasteiger partial charge on any atom is 0.293 e. The molecule has 3 rings (SSSR count). The summed E-state index contributed by atoms with van der Waals surface area (Å²) in [6.45, 7) is 6.43. The smallest absolute Gasteiger partial charge is 0.293 e. The molecule has 0 aromatic heterocycles. The van der Waals surface area contributed by atoms with Gasteiger partial charge >= 0.3 is 0 Å².